The van der Waals surface area contributed by atoms with Crippen LogP contribution in [0.5, 0.6) is 0 Å². The number of carbonyl (C=O) groups excluding carboxylic acids is 1. The molecule has 9 heteroatoms. The predicted octanol–water partition coefficient (Wildman–Crippen LogP) is 6.44. The minimum atomic E-state index is -2.63. The maximum Gasteiger partial charge on any atom is 0.336 e. The van der Waals surface area contributed by atoms with Gasteiger partial charge in [-0.2, -0.15) is 0 Å². The van der Waals surface area contributed by atoms with Crippen molar-refractivity contribution in [3.8, 4) is 0 Å². The van der Waals surface area contributed by atoms with Crippen molar-refractivity contribution in [2.24, 2.45) is 5.41 Å². The highest BCUT2D eigenvalue weighted by Gasteiger charge is 2.41. The fourth-order valence-corrected chi connectivity index (χ4v) is 3.34. The number of hydrogen-bond donors (Lipinski definition) is 5. The summed E-state index contributed by atoms with van der Waals surface area (Å²) in [6, 6.07) is 0. The van der Waals surface area contributed by atoms with Gasteiger partial charge in [0.05, 0.1) is 32.7 Å². The van der Waals surface area contributed by atoms with E-state index in [9.17, 15) is 19.5 Å². The first-order valence-corrected chi connectivity index (χ1v) is 15.1. The first-order valence-electron chi connectivity index (χ1n) is 15.1. The minimum Gasteiger partial charge on any atom is -0.481 e. The number of unbranched alkanes of at least 4 members (excludes halogenated alkanes) is 12. The maximum atomic E-state index is 11.7. The van der Waals surface area contributed by atoms with E-state index in [0.717, 1.165) is 25.7 Å². The Morgan fingerprint density at radius 1 is 0.756 bits per heavy atom. The number of ether oxygens (including phenoxy) is 1. The normalized spacial score (nSPS) is 12.4. The van der Waals surface area contributed by atoms with Crippen LogP contribution in [0.3, 0.4) is 0 Å². The number of hydrogen-bond acceptors (Lipinski definition) is 7. The van der Waals surface area contributed by atoms with Gasteiger partial charge in [-0.3, -0.25) is 9.59 Å². The molecule has 0 aromatic heterocycles. The first kappa shape index (κ1) is 43.2. The summed E-state index contributed by atoms with van der Waals surface area (Å²) in [6.07, 6.45) is 20.8. The van der Waals surface area contributed by atoms with Crippen LogP contribution >= 0.6 is 0 Å². The molecule has 41 heavy (non-hydrogen) atoms. The summed E-state index contributed by atoms with van der Waals surface area (Å²) in [4.78, 5) is 33.3. The average molecular weight is 589 g/mol. The van der Waals surface area contributed by atoms with Gasteiger partial charge in [-0.1, -0.05) is 96.8 Å². The zero-order valence-corrected chi connectivity index (χ0v) is 26.2. The van der Waals surface area contributed by atoms with Crippen LogP contribution in [0.1, 0.15) is 130 Å². The van der Waals surface area contributed by atoms with E-state index in [0.29, 0.717) is 6.42 Å². The molecule has 0 heterocycles. The van der Waals surface area contributed by atoms with Gasteiger partial charge >= 0.3 is 17.9 Å². The molecule has 0 spiro atoms. The van der Waals surface area contributed by atoms with Crippen LogP contribution in [0, 0.1) is 5.41 Å². The highest BCUT2D eigenvalue weighted by molar-refractivity contribution is 5.88. The summed E-state index contributed by atoms with van der Waals surface area (Å²) in [5.74, 6) is -4.14. The second-order valence-electron chi connectivity index (χ2n) is 11.1. The second kappa shape index (κ2) is 29.3. The summed E-state index contributed by atoms with van der Waals surface area (Å²) in [7, 11) is 0. The number of aliphatic hydroxyl groups is 3. The minimum absolute atomic E-state index is 0.0451. The smallest absolute Gasteiger partial charge is 0.336 e. The zero-order chi connectivity index (χ0) is 32.0. The second-order valence-corrected chi connectivity index (χ2v) is 11.1. The van der Waals surface area contributed by atoms with Crippen molar-refractivity contribution < 1.29 is 44.7 Å². The van der Waals surface area contributed by atoms with Gasteiger partial charge < -0.3 is 30.3 Å². The Hall–Kier alpha value is -2.23. The first-order chi connectivity index (χ1) is 19.3. The number of esters is 1. The molecule has 0 aromatic carbocycles. The lowest BCUT2D eigenvalue weighted by atomic mass is 9.96. The van der Waals surface area contributed by atoms with Crippen molar-refractivity contribution in [3.05, 3.63) is 24.8 Å². The number of rotatable bonds is 23. The Labute approximate surface area is 248 Å². The number of carboxylic acids is 2. The van der Waals surface area contributed by atoms with E-state index in [2.05, 4.69) is 25.7 Å². The van der Waals surface area contributed by atoms with E-state index in [4.69, 9.17) is 25.2 Å². The highest BCUT2D eigenvalue weighted by Crippen LogP contribution is 2.17. The molecule has 0 amide bonds. The molecule has 1 unspecified atom stereocenters. The molecular formula is C32H60O9. The molecule has 242 valence electrons. The van der Waals surface area contributed by atoms with Crippen LogP contribution in [-0.4, -0.2) is 68.9 Å². The summed E-state index contributed by atoms with van der Waals surface area (Å²) in [6.45, 7) is 11.3. The molecular weight excluding hydrogens is 528 g/mol. The van der Waals surface area contributed by atoms with Crippen LogP contribution in [-0.2, 0) is 19.1 Å². The molecule has 0 rings (SSSR count). The summed E-state index contributed by atoms with van der Waals surface area (Å²) >= 11 is 0. The lowest BCUT2D eigenvalue weighted by Crippen LogP contribution is -2.43. The van der Waals surface area contributed by atoms with Crippen LogP contribution < -0.4 is 0 Å². The molecule has 9 nitrogen and oxygen atoms in total. The number of carboxylic acid groups (broad SMARTS) is 2. The Morgan fingerprint density at radius 3 is 1.54 bits per heavy atom. The number of aliphatic hydroxyl groups excluding tert-OH is 2. The van der Waals surface area contributed by atoms with Gasteiger partial charge in [0.2, 0.25) is 0 Å². The van der Waals surface area contributed by atoms with Crippen LogP contribution in [0.4, 0.5) is 0 Å². The van der Waals surface area contributed by atoms with Gasteiger partial charge in [0.1, 0.15) is 0 Å². The van der Waals surface area contributed by atoms with Crippen molar-refractivity contribution in [1.82, 2.24) is 0 Å². The summed E-state index contributed by atoms with van der Waals surface area (Å²) < 4.78 is 4.92. The standard InChI is InChI=1S/C24H42O7.C5H12O2.C3H6/c1-2-3-4-5-6-7-8-9-10-11-12-13-14-15-16-17-18-31-22(27)20-24(30,23(28)29)19-21(25)26;1-5(2,3-6)4-7;1-3-2/h9-10,30H,2-8,11-20H2,1H3,(H,25,26)(H,28,29);6-7H,3-4H2,1-2H3;3H,1H2,2H3/b10-9-;;. The number of aliphatic carboxylic acids is 2. The lowest BCUT2D eigenvalue weighted by Gasteiger charge is -2.20. The van der Waals surface area contributed by atoms with Crippen molar-refractivity contribution >= 4 is 17.9 Å². The van der Waals surface area contributed by atoms with Gasteiger partial charge in [-0.05, 0) is 39.0 Å². The van der Waals surface area contributed by atoms with E-state index in [-0.39, 0.29) is 25.2 Å². The Balaban J connectivity index is -0.00000123. The monoisotopic (exact) mass is 588 g/mol. The van der Waals surface area contributed by atoms with Gasteiger partial charge in [-0.15, -0.1) is 6.58 Å². The molecule has 0 radical (unpaired) electrons. The topological polar surface area (TPSA) is 162 Å². The number of carbonyl (C=O) groups is 3. The van der Waals surface area contributed by atoms with E-state index >= 15 is 0 Å². The predicted molar refractivity (Wildman–Crippen MR) is 164 cm³/mol. The molecule has 5 N–H and O–H groups in total. The summed E-state index contributed by atoms with van der Waals surface area (Å²) in [5.41, 5.74) is -2.94. The molecule has 0 saturated carbocycles. The van der Waals surface area contributed by atoms with Crippen molar-refractivity contribution in [1.29, 1.82) is 0 Å². The molecule has 0 aliphatic carbocycles. The van der Waals surface area contributed by atoms with Gasteiger partial charge in [0.15, 0.2) is 5.60 Å². The van der Waals surface area contributed by atoms with Crippen molar-refractivity contribution in [2.45, 2.75) is 136 Å². The largest absolute Gasteiger partial charge is 0.481 e. The lowest BCUT2D eigenvalue weighted by molar-refractivity contribution is -0.172. The molecule has 1 atom stereocenters. The third-order valence-electron chi connectivity index (χ3n) is 6.05. The SMILES string of the molecule is C=CC.CC(C)(CO)CO.CCCCCCCC/C=C\CCCCCCCCOC(=O)CC(O)(CC(=O)O)C(=O)O. The van der Waals surface area contributed by atoms with E-state index in [1.54, 1.807) is 19.9 Å². The third kappa shape index (κ3) is 32.2. The Kier molecular flexibility index (Phi) is 30.9. The molecule has 0 saturated heterocycles. The highest BCUT2D eigenvalue weighted by atomic mass is 16.5. The van der Waals surface area contributed by atoms with Gasteiger partial charge in [-0.25, -0.2) is 4.79 Å². The van der Waals surface area contributed by atoms with E-state index in [1.807, 2.05) is 6.92 Å². The van der Waals surface area contributed by atoms with Crippen LogP contribution in [0.2, 0.25) is 0 Å². The van der Waals surface area contributed by atoms with E-state index < -0.39 is 36.4 Å². The zero-order valence-electron chi connectivity index (χ0n) is 26.2. The molecule has 0 aliphatic heterocycles. The quantitative estimate of drug-likeness (QED) is 0.0514. The summed E-state index contributed by atoms with van der Waals surface area (Å²) in [5, 5.41) is 44.2. The Morgan fingerprint density at radius 2 is 1.17 bits per heavy atom. The molecule has 0 aliphatic rings. The van der Waals surface area contributed by atoms with E-state index in [1.165, 1.54) is 57.8 Å². The Bertz CT molecular complexity index is 683. The van der Waals surface area contributed by atoms with Crippen molar-refractivity contribution in [3.63, 3.8) is 0 Å². The average Bonchev–Trinajstić information content (AvgIpc) is 2.90. The molecule has 0 fully saturated rings. The van der Waals surface area contributed by atoms with Gasteiger partial charge in [0, 0.05) is 5.41 Å². The fourth-order valence-electron chi connectivity index (χ4n) is 3.34. The van der Waals surface area contributed by atoms with Crippen LogP contribution in [0.15, 0.2) is 24.8 Å². The molecule has 0 bridgehead atoms. The molecule has 0 aromatic rings. The maximum absolute atomic E-state index is 11.7. The van der Waals surface area contributed by atoms with Gasteiger partial charge in [0.25, 0.3) is 0 Å². The fraction of sp³-hybridized carbons (Fsp3) is 0.781. The third-order valence-corrected chi connectivity index (χ3v) is 6.05. The van der Waals surface area contributed by atoms with Crippen LogP contribution in [0.25, 0.3) is 0 Å². The number of allylic oxidation sites excluding steroid dienone is 3. The van der Waals surface area contributed by atoms with Crippen molar-refractivity contribution in [2.75, 3.05) is 19.8 Å².